The predicted molar refractivity (Wildman–Crippen MR) is 119 cm³/mol. The highest BCUT2D eigenvalue weighted by molar-refractivity contribution is 6.06. The molecule has 2 atom stereocenters. The largest absolute Gasteiger partial charge is 0.457 e. The van der Waals surface area contributed by atoms with Crippen molar-refractivity contribution < 1.29 is 23.9 Å². The van der Waals surface area contributed by atoms with Gasteiger partial charge in [0.1, 0.15) is 0 Å². The third-order valence-electron chi connectivity index (χ3n) is 4.92. The molecule has 0 saturated heterocycles. The van der Waals surface area contributed by atoms with Crippen LogP contribution in [0.3, 0.4) is 0 Å². The fraction of sp³-hybridized carbons (Fsp3) is 0.333. The fourth-order valence-corrected chi connectivity index (χ4v) is 3.26. The lowest BCUT2D eigenvalue weighted by molar-refractivity contribution is -0.145. The van der Waals surface area contributed by atoms with E-state index in [1.54, 1.807) is 6.07 Å². The third-order valence-corrected chi connectivity index (χ3v) is 4.92. The number of ether oxygens (including phenoxy) is 1. The average molecular weight is 424 g/mol. The number of amides is 2. The Labute approximate surface area is 182 Å². The molecule has 0 radical (unpaired) electrons. The smallest absolute Gasteiger partial charge is 0.314 e. The van der Waals surface area contributed by atoms with Crippen LogP contribution < -0.4 is 10.6 Å². The second-order valence-electron chi connectivity index (χ2n) is 7.43. The van der Waals surface area contributed by atoms with Gasteiger partial charge in [-0.15, -0.1) is 0 Å². The van der Waals surface area contributed by atoms with Gasteiger partial charge in [0.05, 0.1) is 11.6 Å². The van der Waals surface area contributed by atoms with Crippen LogP contribution in [0.5, 0.6) is 0 Å². The van der Waals surface area contributed by atoms with E-state index in [1.807, 2.05) is 44.2 Å². The number of ketones is 1. The summed E-state index contributed by atoms with van der Waals surface area (Å²) in [6.45, 7) is 6.18. The van der Waals surface area contributed by atoms with E-state index in [4.69, 9.17) is 4.74 Å². The molecule has 7 nitrogen and oxygen atoms in total. The molecule has 2 N–H and O–H groups in total. The number of esters is 1. The number of anilines is 2. The summed E-state index contributed by atoms with van der Waals surface area (Å²) < 4.78 is 5.38. The minimum absolute atomic E-state index is 0.0388. The van der Waals surface area contributed by atoms with Gasteiger partial charge >= 0.3 is 5.97 Å². The van der Waals surface area contributed by atoms with Gasteiger partial charge in [-0.2, -0.15) is 0 Å². The summed E-state index contributed by atoms with van der Waals surface area (Å²) in [5.74, 6) is -2.01. The monoisotopic (exact) mass is 424 g/mol. The highest BCUT2D eigenvalue weighted by Gasteiger charge is 2.28. The van der Waals surface area contributed by atoms with E-state index in [9.17, 15) is 19.2 Å². The van der Waals surface area contributed by atoms with Gasteiger partial charge in [-0.05, 0) is 29.7 Å². The summed E-state index contributed by atoms with van der Waals surface area (Å²) in [6.07, 6.45) is 0.778. The first-order valence-corrected chi connectivity index (χ1v) is 10.2. The highest BCUT2D eigenvalue weighted by atomic mass is 16.5. The Morgan fingerprint density at radius 1 is 0.935 bits per heavy atom. The van der Waals surface area contributed by atoms with E-state index in [1.165, 1.54) is 26.0 Å². The number of Topliss-reactive ketones (excluding diaryl/α,β-unsaturated/α-hetero) is 1. The van der Waals surface area contributed by atoms with Crippen molar-refractivity contribution in [1.29, 1.82) is 0 Å². The molecule has 0 unspecified atom stereocenters. The second-order valence-corrected chi connectivity index (χ2v) is 7.43. The summed E-state index contributed by atoms with van der Waals surface area (Å²) in [5, 5.41) is 5.18. The Hall–Kier alpha value is -3.48. The number of benzene rings is 2. The Kier molecular flexibility index (Phi) is 8.49. The van der Waals surface area contributed by atoms with Gasteiger partial charge in [-0.3, -0.25) is 19.2 Å². The second kappa shape index (κ2) is 11.1. The molecule has 0 fully saturated rings. The van der Waals surface area contributed by atoms with Crippen molar-refractivity contribution in [3.05, 3.63) is 59.7 Å². The number of rotatable bonds is 9. The van der Waals surface area contributed by atoms with E-state index < -0.39 is 24.3 Å². The molecule has 0 aliphatic carbocycles. The van der Waals surface area contributed by atoms with Gasteiger partial charge < -0.3 is 15.4 Å². The third kappa shape index (κ3) is 6.77. The average Bonchev–Trinajstić information content (AvgIpc) is 2.72. The first-order chi connectivity index (χ1) is 14.7. The van der Waals surface area contributed by atoms with Crippen LogP contribution in [-0.4, -0.2) is 30.2 Å². The van der Waals surface area contributed by atoms with E-state index in [0.29, 0.717) is 5.69 Å². The van der Waals surface area contributed by atoms with E-state index in [0.717, 1.165) is 12.0 Å². The minimum atomic E-state index is -0.476. The maximum Gasteiger partial charge on any atom is 0.314 e. The molecule has 0 aliphatic heterocycles. The van der Waals surface area contributed by atoms with E-state index in [2.05, 4.69) is 10.6 Å². The maximum absolute atomic E-state index is 12.8. The van der Waals surface area contributed by atoms with E-state index in [-0.39, 0.29) is 29.0 Å². The van der Waals surface area contributed by atoms with Gasteiger partial charge in [-0.1, -0.05) is 50.6 Å². The molecule has 164 valence electrons. The molecule has 2 rings (SSSR count). The summed E-state index contributed by atoms with van der Waals surface area (Å²) in [6, 6.07) is 13.9. The van der Waals surface area contributed by atoms with Gasteiger partial charge in [0.2, 0.25) is 17.6 Å². The molecule has 7 heteroatoms. The molecular formula is C24H28N2O5. The van der Waals surface area contributed by atoms with Crippen molar-refractivity contribution in [2.45, 2.75) is 40.0 Å². The molecule has 0 aliphatic rings. The normalized spacial score (nSPS) is 12.4. The topological polar surface area (TPSA) is 102 Å². The van der Waals surface area contributed by atoms with Crippen LogP contribution in [-0.2, 0) is 19.1 Å². The SMILES string of the molecule is CC[C@H](C)[C@@H](C(=O)OCC(=O)c1ccc(NC(C)=O)cc1NC(C)=O)c1ccccc1. The maximum atomic E-state index is 12.8. The lowest BCUT2D eigenvalue weighted by atomic mass is 9.85. The van der Waals surface area contributed by atoms with Crippen LogP contribution in [0.25, 0.3) is 0 Å². The molecule has 0 spiro atoms. The summed E-state index contributed by atoms with van der Waals surface area (Å²) >= 11 is 0. The highest BCUT2D eigenvalue weighted by Crippen LogP contribution is 2.28. The minimum Gasteiger partial charge on any atom is -0.457 e. The molecule has 0 saturated carbocycles. The first kappa shape index (κ1) is 23.8. The molecule has 0 heterocycles. The van der Waals surface area contributed by atoms with Crippen molar-refractivity contribution in [3.8, 4) is 0 Å². The Balaban J connectivity index is 2.19. The lowest BCUT2D eigenvalue weighted by Gasteiger charge is -2.22. The van der Waals surface area contributed by atoms with Crippen LogP contribution in [0.1, 0.15) is 56.0 Å². The van der Waals surface area contributed by atoms with Crippen LogP contribution in [0.2, 0.25) is 0 Å². The van der Waals surface area contributed by atoms with Crippen LogP contribution >= 0.6 is 0 Å². The van der Waals surface area contributed by atoms with Crippen molar-refractivity contribution in [2.24, 2.45) is 5.92 Å². The standard InChI is InChI=1S/C24H28N2O5/c1-5-15(2)23(18-9-7-6-8-10-18)24(30)31-14-22(29)20-12-11-19(25-16(3)27)13-21(20)26-17(4)28/h6-13,15,23H,5,14H2,1-4H3,(H,25,27)(H,26,28)/t15-,23+/m0/s1. The van der Waals surface area contributed by atoms with Gasteiger partial charge in [0, 0.05) is 25.1 Å². The molecule has 0 bridgehead atoms. The zero-order chi connectivity index (χ0) is 23.0. The van der Waals surface area contributed by atoms with Gasteiger partial charge in [-0.25, -0.2) is 0 Å². The Bertz CT molecular complexity index is 956. The molecule has 2 aromatic carbocycles. The first-order valence-electron chi connectivity index (χ1n) is 10.2. The zero-order valence-electron chi connectivity index (χ0n) is 18.2. The van der Waals surface area contributed by atoms with Crippen molar-refractivity contribution in [3.63, 3.8) is 0 Å². The molecule has 0 aromatic heterocycles. The molecule has 2 amide bonds. The zero-order valence-corrected chi connectivity index (χ0v) is 18.2. The summed E-state index contributed by atoms with van der Waals surface area (Å²) in [5.41, 5.74) is 1.71. The number of nitrogens with one attached hydrogen (secondary N) is 2. The quantitative estimate of drug-likeness (QED) is 0.465. The number of carbonyl (C=O) groups excluding carboxylic acids is 4. The molecular weight excluding hydrogens is 396 g/mol. The fourth-order valence-electron chi connectivity index (χ4n) is 3.26. The van der Waals surface area contributed by atoms with Crippen molar-refractivity contribution >= 4 is 34.9 Å². The summed E-state index contributed by atoms with van der Waals surface area (Å²) in [4.78, 5) is 48.4. The Morgan fingerprint density at radius 2 is 1.58 bits per heavy atom. The van der Waals surface area contributed by atoms with Crippen molar-refractivity contribution in [2.75, 3.05) is 17.2 Å². The van der Waals surface area contributed by atoms with E-state index >= 15 is 0 Å². The number of hydrogen-bond acceptors (Lipinski definition) is 5. The summed E-state index contributed by atoms with van der Waals surface area (Å²) in [7, 11) is 0. The number of carbonyl (C=O) groups is 4. The molecule has 31 heavy (non-hydrogen) atoms. The Morgan fingerprint density at radius 3 is 2.16 bits per heavy atom. The van der Waals surface area contributed by atoms with Gasteiger partial charge in [0.15, 0.2) is 6.61 Å². The van der Waals surface area contributed by atoms with Crippen LogP contribution in [0.15, 0.2) is 48.5 Å². The number of hydrogen-bond donors (Lipinski definition) is 2. The predicted octanol–water partition coefficient (Wildman–Crippen LogP) is 4.16. The molecule has 2 aromatic rings. The van der Waals surface area contributed by atoms with Crippen LogP contribution in [0.4, 0.5) is 11.4 Å². The van der Waals surface area contributed by atoms with Gasteiger partial charge in [0.25, 0.3) is 0 Å². The van der Waals surface area contributed by atoms with Crippen molar-refractivity contribution in [1.82, 2.24) is 0 Å². The lowest BCUT2D eigenvalue weighted by Crippen LogP contribution is -2.25. The van der Waals surface area contributed by atoms with Crippen LogP contribution in [0, 0.1) is 5.92 Å².